The van der Waals surface area contributed by atoms with E-state index in [0.717, 1.165) is 16.9 Å². The van der Waals surface area contributed by atoms with Crippen LogP contribution in [0.15, 0.2) is 12.1 Å². The van der Waals surface area contributed by atoms with Gasteiger partial charge >= 0.3 is 8.80 Å². The summed E-state index contributed by atoms with van der Waals surface area (Å²) in [6.45, 7) is -3.92. The van der Waals surface area contributed by atoms with E-state index in [2.05, 4.69) is 67.1 Å². The van der Waals surface area contributed by atoms with E-state index in [1.54, 1.807) is 14.2 Å². The van der Waals surface area contributed by atoms with Gasteiger partial charge in [-0.1, -0.05) is 25.3 Å². The highest BCUT2D eigenvalue weighted by Crippen LogP contribution is 2.34. The summed E-state index contributed by atoms with van der Waals surface area (Å²) in [5.41, 5.74) is 2.02. The van der Waals surface area contributed by atoms with Gasteiger partial charge < -0.3 is 22.8 Å². The van der Waals surface area contributed by atoms with Gasteiger partial charge in [-0.3, -0.25) is 0 Å². The standard InChI is InChI=1S/C17H18O5Si9/c1-7-20-28(21-8-2)29(31(25,26)27,30(23,24)22-9-3)11-10-15-12-16(18-5)13-17(19-6)14(15)4/h1-3,12-13H,10-11H2,4-6H3. The molecule has 0 bridgehead atoms. The summed E-state index contributed by atoms with van der Waals surface area (Å²) in [6.07, 6.45) is 21.3. The number of methoxy groups -OCH3 is 2. The van der Waals surface area contributed by atoms with Crippen molar-refractivity contribution in [3.63, 3.8) is 0 Å². The van der Waals surface area contributed by atoms with E-state index in [0.29, 0.717) is 18.2 Å². The Morgan fingerprint density at radius 1 is 0.935 bits per heavy atom. The molecule has 5 nitrogen and oxygen atoms in total. The summed E-state index contributed by atoms with van der Waals surface area (Å²) in [4.78, 5) is 0. The van der Waals surface area contributed by atoms with Gasteiger partial charge in [0.15, 0.2) is 6.63 Å². The van der Waals surface area contributed by atoms with E-state index < -0.39 is 28.4 Å². The van der Waals surface area contributed by atoms with Crippen LogP contribution < -0.4 is 9.47 Å². The molecule has 1 unspecified atom stereocenters. The quantitative estimate of drug-likeness (QED) is 0.267. The van der Waals surface area contributed by atoms with Crippen LogP contribution in [-0.2, 0) is 19.7 Å². The van der Waals surface area contributed by atoms with Crippen LogP contribution in [0.2, 0.25) is 6.04 Å². The molecule has 31 heavy (non-hydrogen) atoms. The summed E-state index contributed by atoms with van der Waals surface area (Å²) < 4.78 is 28.0. The van der Waals surface area contributed by atoms with Crippen LogP contribution in [0, 0.1) is 44.5 Å². The summed E-state index contributed by atoms with van der Waals surface area (Å²) in [7, 11) is 20.3. The Morgan fingerprint density at radius 2 is 1.52 bits per heavy atom. The fourth-order valence-corrected chi connectivity index (χ4v) is 93.4. The van der Waals surface area contributed by atoms with Crippen LogP contribution in [0.4, 0.5) is 0 Å². The lowest BCUT2D eigenvalue weighted by Crippen LogP contribution is -2.88. The molecule has 0 amide bonds. The maximum Gasteiger partial charge on any atom is 0.512 e. The van der Waals surface area contributed by atoms with Gasteiger partial charge in [0, 0.05) is 41.5 Å². The minimum Gasteiger partial charge on any atom is -0.514 e. The minimum absolute atomic E-state index is 0.603. The van der Waals surface area contributed by atoms with Crippen molar-refractivity contribution in [1.82, 2.24) is 0 Å². The number of rotatable bonds is 11. The zero-order valence-electron chi connectivity index (χ0n) is 17.3. The van der Waals surface area contributed by atoms with Crippen LogP contribution in [0.1, 0.15) is 11.1 Å². The maximum atomic E-state index is 5.78. The average Bonchev–Trinajstić information content (AvgIpc) is 2.68. The van der Waals surface area contributed by atoms with Crippen molar-refractivity contribution in [2.45, 2.75) is 19.4 Å². The normalized spacial score (nSPS) is 13.2. The van der Waals surface area contributed by atoms with Crippen LogP contribution in [0.5, 0.6) is 11.5 Å². The van der Waals surface area contributed by atoms with E-state index in [-0.39, 0.29) is 0 Å². The second-order valence-electron chi connectivity index (χ2n) is 6.40. The number of aryl methyl sites for hydroxylation is 1. The Balaban J connectivity index is 3.68. The SMILES string of the molecule is C#CO[Si](OC#C)[Si](CCc1cc(OC)cc(OC)c1C)([Si]([Si])([Si])[Si])[Si]([Si])([Si])OC#C. The van der Waals surface area contributed by atoms with E-state index in [1.165, 1.54) is 0 Å². The molecule has 1 rings (SSSR count). The van der Waals surface area contributed by atoms with Crippen molar-refractivity contribution in [3.05, 3.63) is 23.3 Å². The molecular formula is C17H18O5Si9. The van der Waals surface area contributed by atoms with Crippen LogP contribution >= 0.6 is 0 Å². The molecule has 16 radical (unpaired) electrons. The molecule has 0 saturated carbocycles. The van der Waals surface area contributed by atoms with Gasteiger partial charge in [0.05, 0.1) is 52.1 Å². The third-order valence-electron chi connectivity index (χ3n) is 4.77. The molecule has 0 N–H and O–H groups in total. The van der Waals surface area contributed by atoms with E-state index >= 15 is 0 Å². The molecule has 0 fully saturated rings. The molecule has 1 aromatic carbocycles. The van der Waals surface area contributed by atoms with Gasteiger partial charge in [0.25, 0.3) is 0 Å². The van der Waals surface area contributed by atoms with Gasteiger partial charge in [0.2, 0.25) is 6.87 Å². The van der Waals surface area contributed by atoms with Crippen LogP contribution in [-0.4, -0.2) is 91.5 Å². The van der Waals surface area contributed by atoms with Crippen LogP contribution in [0.3, 0.4) is 0 Å². The molecule has 0 heterocycles. The number of terminal acetylenes is 3. The molecular weight excluding hydrogens is 537 g/mol. The van der Waals surface area contributed by atoms with E-state index in [4.69, 9.17) is 42.0 Å². The third-order valence-corrected chi connectivity index (χ3v) is 81.8. The summed E-state index contributed by atoms with van der Waals surface area (Å²) in [5, 5.41) is 0. The van der Waals surface area contributed by atoms with Gasteiger partial charge in [0.1, 0.15) is 11.5 Å². The first kappa shape index (κ1) is 27.9. The average molecular weight is 555 g/mol. The monoisotopic (exact) mass is 554 g/mol. The largest absolute Gasteiger partial charge is 0.514 e. The molecule has 0 spiro atoms. The highest BCUT2D eigenvalue weighted by atomic mass is 30.4. The van der Waals surface area contributed by atoms with Gasteiger partial charge in [-0.25, -0.2) is 0 Å². The first-order valence-electron chi connectivity index (χ1n) is 8.68. The van der Waals surface area contributed by atoms with E-state index in [1.807, 2.05) is 19.1 Å². The number of benzene rings is 1. The fraction of sp³-hybridized carbons (Fsp3) is 0.294. The summed E-state index contributed by atoms with van der Waals surface area (Å²) in [5.74, 6) is 1.42. The zero-order chi connectivity index (χ0) is 23.9. The molecule has 0 aromatic heterocycles. The van der Waals surface area contributed by atoms with Crippen molar-refractivity contribution in [2.75, 3.05) is 14.2 Å². The second kappa shape index (κ2) is 11.6. The van der Waals surface area contributed by atoms with Crippen molar-refractivity contribution in [1.29, 1.82) is 0 Å². The predicted octanol–water partition coefficient (Wildman–Crippen LogP) is -0.731. The van der Waals surface area contributed by atoms with E-state index in [9.17, 15) is 0 Å². The maximum absolute atomic E-state index is 5.78. The summed E-state index contributed by atoms with van der Waals surface area (Å²) >= 11 is 0. The summed E-state index contributed by atoms with van der Waals surface area (Å²) in [6, 6.07) is 4.41. The highest BCUT2D eigenvalue weighted by Gasteiger charge is 2.69. The van der Waals surface area contributed by atoms with Crippen molar-refractivity contribution < 1.29 is 22.8 Å². The lowest BCUT2D eigenvalue weighted by Gasteiger charge is -2.48. The zero-order valence-corrected chi connectivity index (χ0v) is 26.3. The molecule has 0 saturated heterocycles. The molecule has 1 atom stereocenters. The van der Waals surface area contributed by atoms with Crippen molar-refractivity contribution >= 4 is 77.2 Å². The third kappa shape index (κ3) is 6.01. The Labute approximate surface area is 205 Å². The Bertz CT molecular complexity index is 881. The molecule has 0 aliphatic heterocycles. The molecule has 0 aliphatic carbocycles. The first-order valence-corrected chi connectivity index (χ1v) is 26.6. The Hall–Kier alpha value is -1.15. The fourth-order valence-electron chi connectivity index (χ4n) is 3.13. The molecule has 0 aliphatic rings. The van der Waals surface area contributed by atoms with Crippen molar-refractivity contribution in [2.24, 2.45) is 0 Å². The van der Waals surface area contributed by atoms with Crippen LogP contribution in [0.25, 0.3) is 0 Å². The number of hydrogen-bond acceptors (Lipinski definition) is 5. The number of hydrogen-bond donors (Lipinski definition) is 0. The Morgan fingerprint density at radius 3 is 1.94 bits per heavy atom. The Kier molecular flexibility index (Phi) is 10.5. The van der Waals surface area contributed by atoms with Gasteiger partial charge in [-0.05, 0) is 30.5 Å². The van der Waals surface area contributed by atoms with Gasteiger partial charge in [-0.15, -0.1) is 0 Å². The topological polar surface area (TPSA) is 46.2 Å². The molecule has 152 valence electrons. The first-order chi connectivity index (χ1) is 14.4. The minimum atomic E-state index is -3.00. The lowest BCUT2D eigenvalue weighted by atomic mass is 10.0. The molecule has 1 aromatic rings. The highest BCUT2D eigenvalue weighted by molar-refractivity contribution is 8.11. The predicted molar refractivity (Wildman–Crippen MR) is 134 cm³/mol. The van der Waals surface area contributed by atoms with Crippen molar-refractivity contribution in [3.8, 4) is 49.1 Å². The lowest BCUT2D eigenvalue weighted by molar-refractivity contribution is 0.391. The molecule has 14 heteroatoms. The van der Waals surface area contributed by atoms with Gasteiger partial charge in [-0.2, -0.15) is 0 Å². The number of ether oxygens (including phenoxy) is 2. The second-order valence-corrected chi connectivity index (χ2v) is 55.0. The smallest absolute Gasteiger partial charge is 0.512 e.